The molecule has 0 aromatic rings. The lowest BCUT2D eigenvalue weighted by Crippen LogP contribution is -2.44. The molecule has 0 aliphatic rings. The molecule has 90 valence electrons. The smallest absolute Gasteiger partial charge is 0.234 e. The second-order valence-electron chi connectivity index (χ2n) is 4.47. The van der Waals surface area contributed by atoms with Crippen LogP contribution in [0.25, 0.3) is 0 Å². The Kier molecular flexibility index (Phi) is 6.52. The first-order chi connectivity index (χ1) is 6.89. The number of nitrogens with one attached hydrogen (secondary N) is 1. The highest BCUT2D eigenvalue weighted by Gasteiger charge is 2.18. The Labute approximate surface area is 92.7 Å². The van der Waals surface area contributed by atoms with E-state index in [2.05, 4.69) is 5.32 Å². The number of hydrogen-bond acceptors (Lipinski definition) is 3. The largest absolute Gasteiger partial charge is 0.389 e. The zero-order valence-corrected chi connectivity index (χ0v) is 10.3. The summed E-state index contributed by atoms with van der Waals surface area (Å²) in [6, 6.07) is 0. The normalized spacial score (nSPS) is 11.9. The number of likely N-dealkylation sites (N-methyl/N-ethyl adjacent to an activating group) is 1. The lowest BCUT2D eigenvalue weighted by Gasteiger charge is -2.27. The van der Waals surface area contributed by atoms with Crippen molar-refractivity contribution in [2.75, 3.05) is 26.2 Å². The molecule has 0 bridgehead atoms. The van der Waals surface area contributed by atoms with E-state index in [1.54, 1.807) is 13.8 Å². The van der Waals surface area contributed by atoms with Crippen molar-refractivity contribution in [2.45, 2.75) is 39.7 Å². The van der Waals surface area contributed by atoms with Crippen LogP contribution in [0.1, 0.15) is 34.1 Å². The molecule has 2 N–H and O–H groups in total. The summed E-state index contributed by atoms with van der Waals surface area (Å²) >= 11 is 0. The molecule has 0 atom stereocenters. The van der Waals surface area contributed by atoms with Crippen LogP contribution in [0.5, 0.6) is 0 Å². The summed E-state index contributed by atoms with van der Waals surface area (Å²) in [4.78, 5) is 13.4. The number of aliphatic hydroxyl groups is 1. The van der Waals surface area contributed by atoms with Crippen molar-refractivity contribution in [3.8, 4) is 0 Å². The minimum atomic E-state index is -0.749. The summed E-state index contributed by atoms with van der Waals surface area (Å²) in [6.07, 6.45) is 0.948. The van der Waals surface area contributed by atoms with Crippen molar-refractivity contribution in [3.05, 3.63) is 0 Å². The molecule has 1 amide bonds. The molecule has 0 fully saturated rings. The maximum atomic E-state index is 11.4. The molecule has 4 nitrogen and oxygen atoms in total. The van der Waals surface area contributed by atoms with Crippen molar-refractivity contribution in [3.63, 3.8) is 0 Å². The Morgan fingerprint density at radius 3 is 2.40 bits per heavy atom. The van der Waals surface area contributed by atoms with Crippen LogP contribution in [0.2, 0.25) is 0 Å². The highest BCUT2D eigenvalue weighted by atomic mass is 16.3. The van der Waals surface area contributed by atoms with Gasteiger partial charge < -0.3 is 10.4 Å². The molecule has 0 saturated carbocycles. The fraction of sp³-hybridized carbons (Fsp3) is 0.909. The number of carbonyl (C=O) groups is 1. The summed E-state index contributed by atoms with van der Waals surface area (Å²) in [5, 5.41) is 12.5. The maximum absolute atomic E-state index is 11.4. The highest BCUT2D eigenvalue weighted by molar-refractivity contribution is 5.77. The van der Waals surface area contributed by atoms with Crippen molar-refractivity contribution in [1.82, 2.24) is 10.2 Å². The van der Waals surface area contributed by atoms with E-state index in [4.69, 9.17) is 0 Å². The van der Waals surface area contributed by atoms with Crippen LogP contribution < -0.4 is 5.32 Å². The van der Waals surface area contributed by atoms with Crippen LogP contribution in [0.3, 0.4) is 0 Å². The monoisotopic (exact) mass is 216 g/mol. The molecule has 0 radical (unpaired) electrons. The topological polar surface area (TPSA) is 52.6 Å². The van der Waals surface area contributed by atoms with Gasteiger partial charge in [-0.3, -0.25) is 9.69 Å². The van der Waals surface area contributed by atoms with E-state index in [9.17, 15) is 9.90 Å². The first-order valence-electron chi connectivity index (χ1n) is 5.60. The van der Waals surface area contributed by atoms with Gasteiger partial charge in [-0.2, -0.15) is 0 Å². The summed E-state index contributed by atoms with van der Waals surface area (Å²) in [6.45, 7) is 9.87. The fourth-order valence-electron chi connectivity index (χ4n) is 1.35. The van der Waals surface area contributed by atoms with Gasteiger partial charge in [-0.05, 0) is 26.8 Å². The Balaban J connectivity index is 3.93. The van der Waals surface area contributed by atoms with Crippen LogP contribution >= 0.6 is 0 Å². The van der Waals surface area contributed by atoms with Crippen molar-refractivity contribution >= 4 is 5.91 Å². The van der Waals surface area contributed by atoms with E-state index in [1.807, 2.05) is 18.7 Å². The number of hydrogen-bond donors (Lipinski definition) is 2. The zero-order valence-electron chi connectivity index (χ0n) is 10.3. The average molecular weight is 216 g/mol. The predicted octanol–water partition coefficient (Wildman–Crippen LogP) is 0.605. The van der Waals surface area contributed by atoms with Gasteiger partial charge in [-0.15, -0.1) is 0 Å². The van der Waals surface area contributed by atoms with E-state index in [1.165, 1.54) is 0 Å². The van der Waals surface area contributed by atoms with Crippen LogP contribution in [-0.4, -0.2) is 47.7 Å². The summed E-state index contributed by atoms with van der Waals surface area (Å²) in [7, 11) is 0. The SMILES string of the molecule is CCCNC(=O)CN(CC)CC(C)(C)O. The molecule has 0 aromatic heterocycles. The van der Waals surface area contributed by atoms with Gasteiger partial charge in [-0.25, -0.2) is 0 Å². The van der Waals surface area contributed by atoms with Gasteiger partial charge in [0, 0.05) is 13.1 Å². The Morgan fingerprint density at radius 2 is 2.00 bits per heavy atom. The molecule has 0 rings (SSSR count). The number of carbonyl (C=O) groups excluding carboxylic acids is 1. The van der Waals surface area contributed by atoms with E-state index in [0.717, 1.165) is 19.5 Å². The van der Waals surface area contributed by atoms with Gasteiger partial charge in [0.25, 0.3) is 0 Å². The van der Waals surface area contributed by atoms with E-state index in [0.29, 0.717) is 13.1 Å². The van der Waals surface area contributed by atoms with Crippen molar-refractivity contribution < 1.29 is 9.90 Å². The Bertz CT molecular complexity index is 188. The molecule has 0 unspecified atom stereocenters. The Hall–Kier alpha value is -0.610. The first-order valence-corrected chi connectivity index (χ1v) is 5.60. The fourth-order valence-corrected chi connectivity index (χ4v) is 1.35. The van der Waals surface area contributed by atoms with Crippen LogP contribution in [-0.2, 0) is 4.79 Å². The second kappa shape index (κ2) is 6.80. The molecular formula is C11H24N2O2. The predicted molar refractivity (Wildman–Crippen MR) is 61.7 cm³/mol. The third-order valence-electron chi connectivity index (χ3n) is 2.00. The van der Waals surface area contributed by atoms with Crippen molar-refractivity contribution in [1.29, 1.82) is 0 Å². The van der Waals surface area contributed by atoms with Crippen LogP contribution in [0.15, 0.2) is 0 Å². The molecule has 0 aliphatic heterocycles. The number of rotatable bonds is 7. The van der Waals surface area contributed by atoms with E-state index >= 15 is 0 Å². The molecule has 0 saturated heterocycles. The van der Waals surface area contributed by atoms with Gasteiger partial charge in [0.15, 0.2) is 0 Å². The summed E-state index contributed by atoms with van der Waals surface area (Å²) in [5.74, 6) is 0.0305. The highest BCUT2D eigenvalue weighted by Crippen LogP contribution is 2.03. The minimum absolute atomic E-state index is 0.0305. The average Bonchev–Trinajstić information content (AvgIpc) is 2.11. The summed E-state index contributed by atoms with van der Waals surface area (Å²) < 4.78 is 0. The lowest BCUT2D eigenvalue weighted by molar-refractivity contribution is -0.122. The minimum Gasteiger partial charge on any atom is -0.389 e. The van der Waals surface area contributed by atoms with Crippen LogP contribution in [0.4, 0.5) is 0 Å². The third-order valence-corrected chi connectivity index (χ3v) is 2.00. The van der Waals surface area contributed by atoms with Gasteiger partial charge in [0.1, 0.15) is 0 Å². The van der Waals surface area contributed by atoms with Gasteiger partial charge in [0.05, 0.1) is 12.1 Å². The lowest BCUT2D eigenvalue weighted by atomic mass is 10.1. The molecule has 0 spiro atoms. The van der Waals surface area contributed by atoms with E-state index in [-0.39, 0.29) is 5.91 Å². The zero-order chi connectivity index (χ0) is 11.9. The van der Waals surface area contributed by atoms with E-state index < -0.39 is 5.60 Å². The molecule has 15 heavy (non-hydrogen) atoms. The second-order valence-corrected chi connectivity index (χ2v) is 4.47. The number of amides is 1. The summed E-state index contributed by atoms with van der Waals surface area (Å²) in [5.41, 5.74) is -0.749. The van der Waals surface area contributed by atoms with Crippen LogP contribution in [0, 0.1) is 0 Å². The first kappa shape index (κ1) is 14.4. The molecule has 0 heterocycles. The van der Waals surface area contributed by atoms with Gasteiger partial charge >= 0.3 is 0 Å². The Morgan fingerprint density at radius 1 is 1.40 bits per heavy atom. The standard InChI is InChI=1S/C11H24N2O2/c1-5-7-12-10(14)8-13(6-2)9-11(3,4)15/h15H,5-9H2,1-4H3,(H,12,14). The van der Waals surface area contributed by atoms with Crippen molar-refractivity contribution in [2.24, 2.45) is 0 Å². The maximum Gasteiger partial charge on any atom is 0.234 e. The van der Waals surface area contributed by atoms with Gasteiger partial charge in [0.2, 0.25) is 5.91 Å². The molecule has 4 heteroatoms. The molecular weight excluding hydrogens is 192 g/mol. The number of nitrogens with zero attached hydrogens (tertiary/aromatic N) is 1. The quantitative estimate of drug-likeness (QED) is 0.655. The molecule has 0 aliphatic carbocycles. The molecule has 0 aromatic carbocycles. The van der Waals surface area contributed by atoms with Gasteiger partial charge in [-0.1, -0.05) is 13.8 Å². The third kappa shape index (κ3) is 8.39.